The molecule has 19 heavy (non-hydrogen) atoms. The van der Waals surface area contributed by atoms with Gasteiger partial charge in [-0.3, -0.25) is 9.59 Å². The fraction of sp³-hybridized carbons (Fsp3) is 0.462. The summed E-state index contributed by atoms with van der Waals surface area (Å²) in [4.78, 5) is 27.1. The Morgan fingerprint density at radius 1 is 1.42 bits per heavy atom. The zero-order chi connectivity index (χ0) is 13.9. The molecule has 0 aliphatic heterocycles. The lowest BCUT2D eigenvalue weighted by Crippen LogP contribution is -2.42. The van der Waals surface area contributed by atoms with Crippen molar-refractivity contribution < 1.29 is 9.59 Å². The smallest absolute Gasteiger partial charge is 0.235 e. The predicted octanol–water partition coefficient (Wildman–Crippen LogP) is 0.184. The van der Waals surface area contributed by atoms with Crippen molar-refractivity contribution >= 4 is 17.6 Å². The number of primary amides is 1. The Balaban J connectivity index is 1.73. The van der Waals surface area contributed by atoms with E-state index in [1.165, 1.54) is 0 Å². The van der Waals surface area contributed by atoms with Crippen molar-refractivity contribution in [2.24, 2.45) is 11.1 Å². The lowest BCUT2D eigenvalue weighted by molar-refractivity contribution is -0.135. The SMILES string of the molecule is Cc1ccnc(NCCNC(=O)C2(C(N)=O)CC2)c1. The Kier molecular flexibility index (Phi) is 3.69. The van der Waals surface area contributed by atoms with Crippen LogP contribution in [-0.2, 0) is 9.59 Å². The topological polar surface area (TPSA) is 97.1 Å². The number of nitrogens with zero attached hydrogens (tertiary/aromatic N) is 1. The van der Waals surface area contributed by atoms with Crippen molar-refractivity contribution in [2.75, 3.05) is 18.4 Å². The Hall–Kier alpha value is -2.11. The molecule has 0 unspecified atom stereocenters. The summed E-state index contributed by atoms with van der Waals surface area (Å²) in [5.41, 5.74) is 5.40. The molecule has 0 aromatic carbocycles. The van der Waals surface area contributed by atoms with E-state index in [4.69, 9.17) is 5.73 Å². The minimum absolute atomic E-state index is 0.265. The largest absolute Gasteiger partial charge is 0.369 e. The molecular weight excluding hydrogens is 244 g/mol. The van der Waals surface area contributed by atoms with Gasteiger partial charge in [0.15, 0.2) is 0 Å². The van der Waals surface area contributed by atoms with E-state index in [0.29, 0.717) is 25.9 Å². The minimum Gasteiger partial charge on any atom is -0.369 e. The molecule has 0 saturated heterocycles. The van der Waals surface area contributed by atoms with Crippen molar-refractivity contribution in [1.29, 1.82) is 0 Å². The lowest BCUT2D eigenvalue weighted by Gasteiger charge is -2.12. The average Bonchev–Trinajstić information content (AvgIpc) is 3.16. The number of rotatable bonds is 6. The number of hydrogen-bond donors (Lipinski definition) is 3. The van der Waals surface area contributed by atoms with Crippen LogP contribution in [0, 0.1) is 12.3 Å². The van der Waals surface area contributed by atoms with Gasteiger partial charge in [0.05, 0.1) is 0 Å². The molecule has 0 spiro atoms. The number of carbonyl (C=O) groups is 2. The van der Waals surface area contributed by atoms with Gasteiger partial charge >= 0.3 is 0 Å². The molecule has 1 aliphatic rings. The van der Waals surface area contributed by atoms with Gasteiger partial charge in [-0.15, -0.1) is 0 Å². The summed E-state index contributed by atoms with van der Waals surface area (Å²) in [6.45, 7) is 2.97. The molecule has 102 valence electrons. The van der Waals surface area contributed by atoms with Gasteiger partial charge in [0, 0.05) is 19.3 Å². The summed E-state index contributed by atoms with van der Waals surface area (Å²) < 4.78 is 0. The number of hydrogen-bond acceptors (Lipinski definition) is 4. The number of carbonyl (C=O) groups excluding carboxylic acids is 2. The number of amides is 2. The number of pyridine rings is 1. The van der Waals surface area contributed by atoms with E-state index in [-0.39, 0.29) is 5.91 Å². The predicted molar refractivity (Wildman–Crippen MR) is 71.3 cm³/mol. The molecule has 4 N–H and O–H groups in total. The quantitative estimate of drug-likeness (QED) is 0.503. The van der Waals surface area contributed by atoms with Crippen molar-refractivity contribution in [3.63, 3.8) is 0 Å². The third kappa shape index (κ3) is 3.01. The first-order chi connectivity index (χ1) is 9.04. The van der Waals surface area contributed by atoms with E-state index < -0.39 is 11.3 Å². The van der Waals surface area contributed by atoms with Crippen molar-refractivity contribution in [3.8, 4) is 0 Å². The minimum atomic E-state index is -0.943. The summed E-state index contributed by atoms with van der Waals surface area (Å²) in [6.07, 6.45) is 2.84. The summed E-state index contributed by atoms with van der Waals surface area (Å²) in [6, 6.07) is 3.84. The van der Waals surface area contributed by atoms with Crippen LogP contribution in [-0.4, -0.2) is 29.9 Å². The van der Waals surface area contributed by atoms with E-state index in [2.05, 4.69) is 15.6 Å². The molecule has 1 aliphatic carbocycles. The zero-order valence-electron chi connectivity index (χ0n) is 10.9. The number of nitrogens with one attached hydrogen (secondary N) is 2. The monoisotopic (exact) mass is 262 g/mol. The highest BCUT2D eigenvalue weighted by atomic mass is 16.2. The second-order valence-corrected chi connectivity index (χ2v) is 4.85. The van der Waals surface area contributed by atoms with Gasteiger partial charge in [0.25, 0.3) is 0 Å². The van der Waals surface area contributed by atoms with Crippen LogP contribution in [0.5, 0.6) is 0 Å². The molecule has 0 bridgehead atoms. The Bertz CT molecular complexity index is 497. The van der Waals surface area contributed by atoms with Crippen LogP contribution < -0.4 is 16.4 Å². The first-order valence-corrected chi connectivity index (χ1v) is 6.29. The third-order valence-electron chi connectivity index (χ3n) is 3.29. The van der Waals surface area contributed by atoms with Crippen LogP contribution in [0.3, 0.4) is 0 Å². The second-order valence-electron chi connectivity index (χ2n) is 4.85. The lowest BCUT2D eigenvalue weighted by atomic mass is 10.1. The van der Waals surface area contributed by atoms with Crippen LogP contribution in [0.4, 0.5) is 5.82 Å². The van der Waals surface area contributed by atoms with E-state index >= 15 is 0 Å². The van der Waals surface area contributed by atoms with E-state index in [0.717, 1.165) is 11.4 Å². The summed E-state index contributed by atoms with van der Waals surface area (Å²) in [5.74, 6) is -0.0254. The molecule has 6 nitrogen and oxygen atoms in total. The second kappa shape index (κ2) is 5.26. The maximum absolute atomic E-state index is 11.8. The molecule has 1 aromatic heterocycles. The van der Waals surface area contributed by atoms with Gasteiger partial charge in [-0.1, -0.05) is 0 Å². The molecule has 1 fully saturated rings. The summed E-state index contributed by atoms with van der Waals surface area (Å²) in [5, 5.41) is 5.82. The highest BCUT2D eigenvalue weighted by Gasteiger charge is 2.55. The molecule has 1 heterocycles. The first-order valence-electron chi connectivity index (χ1n) is 6.29. The zero-order valence-corrected chi connectivity index (χ0v) is 10.9. The van der Waals surface area contributed by atoms with Crippen molar-refractivity contribution in [2.45, 2.75) is 19.8 Å². The van der Waals surface area contributed by atoms with E-state index in [1.807, 2.05) is 19.1 Å². The third-order valence-corrected chi connectivity index (χ3v) is 3.29. The first kappa shape index (κ1) is 13.3. The number of aryl methyl sites for hydroxylation is 1. The van der Waals surface area contributed by atoms with Crippen LogP contribution in [0.25, 0.3) is 0 Å². The van der Waals surface area contributed by atoms with Crippen molar-refractivity contribution in [3.05, 3.63) is 23.9 Å². The molecule has 0 atom stereocenters. The molecule has 2 rings (SSSR count). The fourth-order valence-electron chi connectivity index (χ4n) is 1.88. The Morgan fingerprint density at radius 3 is 2.74 bits per heavy atom. The fourth-order valence-corrected chi connectivity index (χ4v) is 1.88. The average molecular weight is 262 g/mol. The Labute approximate surface area is 111 Å². The number of nitrogens with two attached hydrogens (primary N) is 1. The summed E-state index contributed by atoms with van der Waals surface area (Å²) in [7, 11) is 0. The van der Waals surface area contributed by atoms with Gasteiger partial charge < -0.3 is 16.4 Å². The molecule has 1 aromatic rings. The maximum atomic E-state index is 11.8. The van der Waals surface area contributed by atoms with E-state index in [1.54, 1.807) is 6.20 Å². The molecular formula is C13H18N4O2. The number of anilines is 1. The molecule has 6 heteroatoms. The molecule has 0 radical (unpaired) electrons. The van der Waals surface area contributed by atoms with Gasteiger partial charge in [-0.05, 0) is 37.5 Å². The highest BCUT2D eigenvalue weighted by molar-refractivity contribution is 6.07. The van der Waals surface area contributed by atoms with Crippen LogP contribution in [0.1, 0.15) is 18.4 Å². The van der Waals surface area contributed by atoms with Crippen molar-refractivity contribution in [1.82, 2.24) is 10.3 Å². The van der Waals surface area contributed by atoms with Gasteiger partial charge in [-0.2, -0.15) is 0 Å². The molecule has 1 saturated carbocycles. The van der Waals surface area contributed by atoms with Gasteiger partial charge in [0.2, 0.25) is 11.8 Å². The Morgan fingerprint density at radius 2 is 2.16 bits per heavy atom. The van der Waals surface area contributed by atoms with Crippen LogP contribution >= 0.6 is 0 Å². The van der Waals surface area contributed by atoms with Crippen LogP contribution in [0.2, 0.25) is 0 Å². The maximum Gasteiger partial charge on any atom is 0.235 e. The van der Waals surface area contributed by atoms with Gasteiger partial charge in [0.1, 0.15) is 11.2 Å². The normalized spacial score (nSPS) is 15.6. The number of aromatic nitrogens is 1. The standard InChI is InChI=1S/C13H18N4O2/c1-9-2-5-15-10(8-9)16-6-7-17-12(19)13(3-4-13)11(14)18/h2,5,8H,3-4,6-7H2,1H3,(H2,14,18)(H,15,16)(H,17,19). The van der Waals surface area contributed by atoms with Gasteiger partial charge in [-0.25, -0.2) is 4.98 Å². The molecule has 2 amide bonds. The van der Waals surface area contributed by atoms with Crippen LogP contribution in [0.15, 0.2) is 18.3 Å². The highest BCUT2D eigenvalue weighted by Crippen LogP contribution is 2.45. The summed E-state index contributed by atoms with van der Waals surface area (Å²) >= 11 is 0. The van der Waals surface area contributed by atoms with E-state index in [9.17, 15) is 9.59 Å².